The number of esters is 1. The highest BCUT2D eigenvalue weighted by molar-refractivity contribution is 5.97. The number of nitrogens with zero attached hydrogens (tertiary/aromatic N) is 4. The van der Waals surface area contributed by atoms with Gasteiger partial charge in [0.2, 0.25) is 0 Å². The van der Waals surface area contributed by atoms with Crippen LogP contribution in [0.1, 0.15) is 23.0 Å². The number of ether oxygens (including phenoxy) is 2. The molecule has 0 fully saturated rings. The molecule has 3 rings (SSSR count). The van der Waals surface area contributed by atoms with Crippen molar-refractivity contribution in [3.8, 4) is 22.7 Å². The fraction of sp³-hybridized carbons (Fsp3) is 0.222. The van der Waals surface area contributed by atoms with Crippen molar-refractivity contribution in [2.24, 2.45) is 0 Å². The van der Waals surface area contributed by atoms with Crippen LogP contribution in [0.3, 0.4) is 0 Å². The van der Waals surface area contributed by atoms with Crippen LogP contribution in [0.2, 0.25) is 0 Å². The number of carbonyl (C=O) groups excluding carboxylic acids is 1. The first kappa shape index (κ1) is 19.3. The van der Waals surface area contributed by atoms with Crippen molar-refractivity contribution < 1.29 is 27.4 Å². The number of aromatic nitrogens is 4. The zero-order valence-electron chi connectivity index (χ0n) is 14.9. The van der Waals surface area contributed by atoms with Crippen molar-refractivity contribution >= 4 is 5.97 Å². The Hall–Kier alpha value is -3.43. The first-order valence-electron chi connectivity index (χ1n) is 8.18. The summed E-state index contributed by atoms with van der Waals surface area (Å²) in [6.45, 7) is 3.44. The number of hydrogen-bond acceptors (Lipinski definition) is 6. The molecule has 0 N–H and O–H groups in total. The molecular formula is C18H15F3N4O3. The van der Waals surface area contributed by atoms with Gasteiger partial charge < -0.3 is 9.47 Å². The molecule has 0 aliphatic carbocycles. The zero-order valence-corrected chi connectivity index (χ0v) is 14.9. The number of benzene rings is 1. The second kappa shape index (κ2) is 7.67. The summed E-state index contributed by atoms with van der Waals surface area (Å²) in [6.07, 6.45) is -0.536. The van der Waals surface area contributed by atoms with Gasteiger partial charge in [-0.25, -0.2) is 19.4 Å². The second-order valence-electron chi connectivity index (χ2n) is 5.61. The van der Waals surface area contributed by atoms with E-state index in [-0.39, 0.29) is 23.6 Å². The van der Waals surface area contributed by atoms with Crippen LogP contribution in [0.25, 0.3) is 16.9 Å². The molecule has 0 atom stereocenters. The fourth-order valence-electron chi connectivity index (χ4n) is 2.64. The summed E-state index contributed by atoms with van der Waals surface area (Å²) in [6, 6.07) is 5.29. The summed E-state index contributed by atoms with van der Waals surface area (Å²) in [5.74, 6) is -1.00. The van der Waals surface area contributed by atoms with E-state index >= 15 is 0 Å². The molecule has 0 spiro atoms. The third-order valence-electron chi connectivity index (χ3n) is 3.73. The fourth-order valence-corrected chi connectivity index (χ4v) is 2.64. The minimum absolute atomic E-state index is 0.156. The van der Waals surface area contributed by atoms with Crippen LogP contribution in [0.15, 0.2) is 43.0 Å². The highest BCUT2D eigenvalue weighted by atomic mass is 19.4. The number of carbonyl (C=O) groups is 1. The third-order valence-corrected chi connectivity index (χ3v) is 3.73. The maximum Gasteiger partial charge on any atom is 0.573 e. The van der Waals surface area contributed by atoms with Gasteiger partial charge in [0, 0.05) is 24.0 Å². The molecule has 0 radical (unpaired) electrons. The van der Waals surface area contributed by atoms with Gasteiger partial charge in [0.1, 0.15) is 23.3 Å². The van der Waals surface area contributed by atoms with Gasteiger partial charge in [0.25, 0.3) is 0 Å². The molecule has 1 aromatic carbocycles. The Bertz CT molecular complexity index is 987. The predicted octanol–water partition coefficient (Wildman–Crippen LogP) is 3.71. The maximum absolute atomic E-state index is 12.5. The Morgan fingerprint density at radius 1 is 1.21 bits per heavy atom. The molecule has 0 aliphatic rings. The lowest BCUT2D eigenvalue weighted by Gasteiger charge is -2.11. The lowest BCUT2D eigenvalue weighted by atomic mass is 10.1. The molecule has 2 aromatic heterocycles. The van der Waals surface area contributed by atoms with Crippen molar-refractivity contribution in [2.75, 3.05) is 6.61 Å². The SMILES string of the molecule is CCOC(=O)c1c(-c2cncnc2)nn(-c2cccc(OC(F)(F)F)c2)c1C. The molecule has 146 valence electrons. The summed E-state index contributed by atoms with van der Waals surface area (Å²) >= 11 is 0. The van der Waals surface area contributed by atoms with E-state index in [0.29, 0.717) is 11.3 Å². The van der Waals surface area contributed by atoms with Crippen molar-refractivity contribution in [2.45, 2.75) is 20.2 Å². The quantitative estimate of drug-likeness (QED) is 0.616. The van der Waals surface area contributed by atoms with Gasteiger partial charge in [-0.1, -0.05) is 6.07 Å². The summed E-state index contributed by atoms with van der Waals surface area (Å²) in [5.41, 5.74) is 1.59. The molecule has 2 heterocycles. The number of alkyl halides is 3. The average Bonchev–Trinajstić information content (AvgIpc) is 2.99. The molecule has 0 saturated heterocycles. The Labute approximate surface area is 157 Å². The summed E-state index contributed by atoms with van der Waals surface area (Å²) in [7, 11) is 0. The minimum Gasteiger partial charge on any atom is -0.462 e. The van der Waals surface area contributed by atoms with Crippen LogP contribution >= 0.6 is 0 Å². The van der Waals surface area contributed by atoms with Crippen LogP contribution < -0.4 is 4.74 Å². The topological polar surface area (TPSA) is 79.1 Å². The van der Waals surface area contributed by atoms with Crippen molar-refractivity contribution in [1.29, 1.82) is 0 Å². The summed E-state index contributed by atoms with van der Waals surface area (Å²) in [5, 5.41) is 4.39. The van der Waals surface area contributed by atoms with Crippen molar-refractivity contribution in [3.63, 3.8) is 0 Å². The normalized spacial score (nSPS) is 11.3. The number of halogens is 3. The second-order valence-corrected chi connectivity index (χ2v) is 5.61. The van der Waals surface area contributed by atoms with Gasteiger partial charge in [-0.05, 0) is 26.0 Å². The summed E-state index contributed by atoms with van der Waals surface area (Å²) < 4.78 is 48.0. The molecule has 0 amide bonds. The van der Waals surface area contributed by atoms with E-state index in [1.807, 2.05) is 0 Å². The zero-order chi connectivity index (χ0) is 20.3. The van der Waals surface area contributed by atoms with Gasteiger partial charge in [-0.2, -0.15) is 5.10 Å². The Morgan fingerprint density at radius 2 is 1.93 bits per heavy atom. The predicted molar refractivity (Wildman–Crippen MR) is 92.0 cm³/mol. The molecule has 10 heteroatoms. The molecule has 28 heavy (non-hydrogen) atoms. The number of rotatable bonds is 5. The first-order chi connectivity index (χ1) is 13.3. The van der Waals surface area contributed by atoms with Gasteiger partial charge >= 0.3 is 12.3 Å². The smallest absolute Gasteiger partial charge is 0.462 e. The van der Waals surface area contributed by atoms with E-state index in [4.69, 9.17) is 4.74 Å². The Kier molecular flexibility index (Phi) is 5.30. The van der Waals surface area contributed by atoms with Crippen LogP contribution in [0.5, 0.6) is 5.75 Å². The van der Waals surface area contributed by atoms with Gasteiger partial charge in [0.15, 0.2) is 0 Å². The van der Waals surface area contributed by atoms with Crippen LogP contribution in [-0.2, 0) is 4.74 Å². The van der Waals surface area contributed by atoms with Crippen LogP contribution in [-0.4, -0.2) is 38.7 Å². The maximum atomic E-state index is 12.5. The van der Waals surface area contributed by atoms with Gasteiger partial charge in [0.05, 0.1) is 18.0 Å². The molecule has 7 nitrogen and oxygen atoms in total. The van der Waals surface area contributed by atoms with E-state index in [1.54, 1.807) is 19.9 Å². The van der Waals surface area contributed by atoms with E-state index in [0.717, 1.165) is 0 Å². The van der Waals surface area contributed by atoms with Crippen LogP contribution in [0.4, 0.5) is 13.2 Å². The largest absolute Gasteiger partial charge is 0.573 e. The minimum atomic E-state index is -4.82. The van der Waals surface area contributed by atoms with Crippen LogP contribution in [0, 0.1) is 6.92 Å². The highest BCUT2D eigenvalue weighted by Crippen LogP contribution is 2.29. The molecule has 0 aliphatic heterocycles. The van der Waals surface area contributed by atoms with Gasteiger partial charge in [-0.3, -0.25) is 0 Å². The van der Waals surface area contributed by atoms with E-state index in [2.05, 4.69) is 19.8 Å². The average molecular weight is 392 g/mol. The van der Waals surface area contributed by atoms with Crippen molar-refractivity contribution in [3.05, 3.63) is 54.2 Å². The van der Waals surface area contributed by atoms with E-state index < -0.39 is 18.1 Å². The first-order valence-corrected chi connectivity index (χ1v) is 8.18. The van der Waals surface area contributed by atoms with Gasteiger partial charge in [-0.15, -0.1) is 13.2 Å². The van der Waals surface area contributed by atoms with E-state index in [9.17, 15) is 18.0 Å². The molecule has 0 bridgehead atoms. The molecule has 3 aromatic rings. The molecule has 0 unspecified atom stereocenters. The summed E-state index contributed by atoms with van der Waals surface area (Å²) in [4.78, 5) is 20.3. The lowest BCUT2D eigenvalue weighted by Crippen LogP contribution is -2.17. The lowest BCUT2D eigenvalue weighted by molar-refractivity contribution is -0.274. The van der Waals surface area contributed by atoms with Crippen molar-refractivity contribution in [1.82, 2.24) is 19.7 Å². The molecular weight excluding hydrogens is 377 g/mol. The third kappa shape index (κ3) is 4.11. The highest BCUT2D eigenvalue weighted by Gasteiger charge is 2.31. The monoisotopic (exact) mass is 392 g/mol. The Balaban J connectivity index is 2.13. The molecule has 0 saturated carbocycles. The Morgan fingerprint density at radius 3 is 2.57 bits per heavy atom. The standard InChI is InChI=1S/C18H15F3N4O3/c1-3-27-17(26)15-11(2)25(24-16(15)12-8-22-10-23-9-12)13-5-4-6-14(7-13)28-18(19,20)21/h4-10H,3H2,1-2H3. The van der Waals surface area contributed by atoms with E-state index in [1.165, 1.54) is 41.6 Å². The number of hydrogen-bond donors (Lipinski definition) is 0.